The normalized spacial score (nSPS) is 14.4. The molecule has 0 spiro atoms. The maximum Gasteiger partial charge on any atom is 0.387 e. The zero-order valence-corrected chi connectivity index (χ0v) is 14.4. The van der Waals surface area contributed by atoms with Crippen LogP contribution in [0.3, 0.4) is 0 Å². The molecule has 1 saturated heterocycles. The smallest absolute Gasteiger partial charge is 0.387 e. The molecule has 1 fully saturated rings. The summed E-state index contributed by atoms with van der Waals surface area (Å²) >= 11 is 0. The average molecular weight is 362 g/mol. The molecule has 0 aromatic heterocycles. The molecule has 0 unspecified atom stereocenters. The topological polar surface area (TPSA) is 50.8 Å². The van der Waals surface area contributed by atoms with E-state index in [1.807, 2.05) is 25.1 Å². The Morgan fingerprint density at radius 1 is 1.19 bits per heavy atom. The second-order valence-corrected chi connectivity index (χ2v) is 5.96. The zero-order valence-electron chi connectivity index (χ0n) is 14.4. The Kier molecular flexibility index (Phi) is 5.68. The van der Waals surface area contributed by atoms with E-state index in [1.165, 1.54) is 18.2 Å². The summed E-state index contributed by atoms with van der Waals surface area (Å²) in [5.74, 6) is -0.432. The maximum atomic E-state index is 12.4. The van der Waals surface area contributed by atoms with Gasteiger partial charge in [-0.15, -0.1) is 0 Å². The third-order valence-corrected chi connectivity index (χ3v) is 4.16. The van der Waals surface area contributed by atoms with Crippen molar-refractivity contribution in [1.29, 1.82) is 0 Å². The van der Waals surface area contributed by atoms with E-state index in [2.05, 4.69) is 15.0 Å². The lowest BCUT2D eigenvalue weighted by atomic mass is 10.1. The molecule has 5 nitrogen and oxygen atoms in total. The Labute approximate surface area is 150 Å². The second kappa shape index (κ2) is 8.14. The largest absolute Gasteiger partial charge is 0.435 e. The van der Waals surface area contributed by atoms with E-state index in [0.717, 1.165) is 24.3 Å². The van der Waals surface area contributed by atoms with Crippen LogP contribution in [-0.4, -0.2) is 38.8 Å². The minimum absolute atomic E-state index is 0.0490. The van der Waals surface area contributed by atoms with Crippen molar-refractivity contribution < 1.29 is 23.0 Å². The van der Waals surface area contributed by atoms with Gasteiger partial charge in [0.15, 0.2) is 0 Å². The quantitative estimate of drug-likeness (QED) is 0.882. The number of alkyl halides is 2. The second-order valence-electron chi connectivity index (χ2n) is 5.96. The molecule has 2 aromatic rings. The molecule has 0 atom stereocenters. The van der Waals surface area contributed by atoms with Crippen molar-refractivity contribution in [2.75, 3.05) is 36.5 Å². The van der Waals surface area contributed by atoms with E-state index in [1.54, 1.807) is 6.07 Å². The van der Waals surface area contributed by atoms with Crippen molar-refractivity contribution in [3.05, 3.63) is 53.6 Å². The van der Waals surface area contributed by atoms with E-state index in [9.17, 15) is 13.6 Å². The fraction of sp³-hybridized carbons (Fsp3) is 0.316. The zero-order chi connectivity index (χ0) is 18.5. The Morgan fingerprint density at radius 3 is 2.65 bits per heavy atom. The van der Waals surface area contributed by atoms with Gasteiger partial charge in [0.25, 0.3) is 5.91 Å². The highest BCUT2D eigenvalue weighted by molar-refractivity contribution is 6.05. The van der Waals surface area contributed by atoms with E-state index < -0.39 is 6.61 Å². The number of morpholine rings is 1. The highest BCUT2D eigenvalue weighted by Gasteiger charge is 2.14. The molecule has 7 heteroatoms. The SMILES string of the molecule is Cc1cc(N2CCOCC2)ccc1NC(=O)c1cccc(OC(F)F)c1. The van der Waals surface area contributed by atoms with E-state index >= 15 is 0 Å². The number of ether oxygens (including phenoxy) is 2. The number of rotatable bonds is 5. The lowest BCUT2D eigenvalue weighted by Gasteiger charge is -2.29. The number of hydrogen-bond donors (Lipinski definition) is 1. The van der Waals surface area contributed by atoms with Gasteiger partial charge in [0.05, 0.1) is 13.2 Å². The Morgan fingerprint density at radius 2 is 1.96 bits per heavy atom. The fourth-order valence-corrected chi connectivity index (χ4v) is 2.81. The number of amides is 1. The summed E-state index contributed by atoms with van der Waals surface area (Å²) in [7, 11) is 0. The number of aryl methyl sites for hydroxylation is 1. The molecular weight excluding hydrogens is 342 g/mol. The van der Waals surface area contributed by atoms with Gasteiger partial charge in [-0.1, -0.05) is 6.07 Å². The molecule has 3 rings (SSSR count). The molecule has 1 aliphatic heterocycles. The van der Waals surface area contributed by atoms with Gasteiger partial charge < -0.3 is 19.7 Å². The predicted octanol–water partition coefficient (Wildman–Crippen LogP) is 3.69. The van der Waals surface area contributed by atoms with E-state index in [-0.39, 0.29) is 17.2 Å². The van der Waals surface area contributed by atoms with Gasteiger partial charge in [0.1, 0.15) is 5.75 Å². The Hall–Kier alpha value is -2.67. The summed E-state index contributed by atoms with van der Waals surface area (Å²) in [5, 5.41) is 2.81. The van der Waals surface area contributed by atoms with Gasteiger partial charge in [0, 0.05) is 30.0 Å². The number of hydrogen-bond acceptors (Lipinski definition) is 4. The van der Waals surface area contributed by atoms with Gasteiger partial charge in [-0.3, -0.25) is 4.79 Å². The van der Waals surface area contributed by atoms with Crippen molar-refractivity contribution in [2.45, 2.75) is 13.5 Å². The molecule has 2 aromatic carbocycles. The molecule has 1 amide bonds. The van der Waals surface area contributed by atoms with Crippen molar-refractivity contribution in [3.8, 4) is 5.75 Å². The van der Waals surface area contributed by atoms with Crippen molar-refractivity contribution in [3.63, 3.8) is 0 Å². The Balaban J connectivity index is 1.71. The van der Waals surface area contributed by atoms with Crippen molar-refractivity contribution in [1.82, 2.24) is 0 Å². The lowest BCUT2D eigenvalue weighted by molar-refractivity contribution is -0.0498. The molecule has 138 valence electrons. The molecule has 0 bridgehead atoms. The standard InChI is InChI=1S/C19H20F2N2O3/c1-13-11-15(23-7-9-25-10-8-23)5-6-17(13)22-18(24)14-3-2-4-16(12-14)26-19(20)21/h2-6,11-12,19H,7-10H2,1H3,(H,22,24). The summed E-state index contributed by atoms with van der Waals surface area (Å²) < 4.78 is 34.3. The van der Waals surface area contributed by atoms with Crippen LogP contribution in [0.15, 0.2) is 42.5 Å². The van der Waals surface area contributed by atoms with Crippen LogP contribution in [-0.2, 0) is 4.74 Å². The van der Waals surface area contributed by atoms with Gasteiger partial charge >= 0.3 is 6.61 Å². The first-order valence-electron chi connectivity index (χ1n) is 8.32. The number of anilines is 2. The molecule has 1 N–H and O–H groups in total. The number of carbonyl (C=O) groups is 1. The van der Waals surface area contributed by atoms with Gasteiger partial charge in [-0.25, -0.2) is 0 Å². The van der Waals surface area contributed by atoms with Crippen LogP contribution in [0, 0.1) is 6.92 Å². The molecule has 0 radical (unpaired) electrons. The summed E-state index contributed by atoms with van der Waals surface area (Å²) in [4.78, 5) is 14.6. The molecule has 0 saturated carbocycles. The third kappa shape index (κ3) is 4.49. The molecule has 1 heterocycles. The monoisotopic (exact) mass is 362 g/mol. The first kappa shape index (κ1) is 18.1. The number of halogens is 2. The number of nitrogens with one attached hydrogen (secondary N) is 1. The van der Waals surface area contributed by atoms with Crippen LogP contribution in [0.1, 0.15) is 15.9 Å². The van der Waals surface area contributed by atoms with E-state index in [0.29, 0.717) is 18.9 Å². The Bertz CT molecular complexity index is 777. The highest BCUT2D eigenvalue weighted by atomic mass is 19.3. The fourth-order valence-electron chi connectivity index (χ4n) is 2.81. The first-order valence-corrected chi connectivity index (χ1v) is 8.32. The van der Waals surface area contributed by atoms with Crippen LogP contribution in [0.2, 0.25) is 0 Å². The maximum absolute atomic E-state index is 12.4. The van der Waals surface area contributed by atoms with Crippen molar-refractivity contribution in [2.24, 2.45) is 0 Å². The molecular formula is C19H20F2N2O3. The third-order valence-electron chi connectivity index (χ3n) is 4.16. The minimum atomic E-state index is -2.93. The van der Waals surface area contributed by atoms with Gasteiger partial charge in [-0.2, -0.15) is 8.78 Å². The van der Waals surface area contributed by atoms with Crippen LogP contribution < -0.4 is 15.0 Å². The van der Waals surface area contributed by atoms with Gasteiger partial charge in [0.2, 0.25) is 0 Å². The van der Waals surface area contributed by atoms with Crippen molar-refractivity contribution >= 4 is 17.3 Å². The molecule has 0 aliphatic carbocycles. The number of benzene rings is 2. The molecule has 26 heavy (non-hydrogen) atoms. The minimum Gasteiger partial charge on any atom is -0.435 e. The molecule has 1 aliphatic rings. The number of carbonyl (C=O) groups excluding carboxylic acids is 1. The average Bonchev–Trinajstić information content (AvgIpc) is 2.63. The van der Waals surface area contributed by atoms with Crippen LogP contribution >= 0.6 is 0 Å². The van der Waals surface area contributed by atoms with E-state index in [4.69, 9.17) is 4.74 Å². The lowest BCUT2D eigenvalue weighted by Crippen LogP contribution is -2.36. The summed E-state index contributed by atoms with van der Waals surface area (Å²) in [6.07, 6.45) is 0. The summed E-state index contributed by atoms with van der Waals surface area (Å²) in [6.45, 7) is 2.06. The highest BCUT2D eigenvalue weighted by Crippen LogP contribution is 2.24. The first-order chi connectivity index (χ1) is 12.5. The van der Waals surface area contributed by atoms with Crippen LogP contribution in [0.4, 0.5) is 20.2 Å². The summed E-state index contributed by atoms with van der Waals surface area (Å²) in [5.41, 5.74) is 2.92. The number of nitrogens with zero attached hydrogens (tertiary/aromatic N) is 1. The summed E-state index contributed by atoms with van der Waals surface area (Å²) in [6, 6.07) is 11.5. The predicted molar refractivity (Wildman–Crippen MR) is 95.2 cm³/mol. The van der Waals surface area contributed by atoms with Gasteiger partial charge in [-0.05, 0) is 48.9 Å². The van der Waals surface area contributed by atoms with Crippen LogP contribution in [0.25, 0.3) is 0 Å². The van der Waals surface area contributed by atoms with Crippen LogP contribution in [0.5, 0.6) is 5.75 Å².